The van der Waals surface area contributed by atoms with Gasteiger partial charge in [-0.25, -0.2) is 9.18 Å². The maximum absolute atomic E-state index is 14.9. The Hall–Kier alpha value is -3.26. The number of anilines is 1. The van der Waals surface area contributed by atoms with Crippen molar-refractivity contribution >= 4 is 23.7 Å². The number of hydrogen-bond acceptors (Lipinski definition) is 6. The van der Waals surface area contributed by atoms with E-state index in [2.05, 4.69) is 9.71 Å². The second-order valence-corrected chi connectivity index (χ2v) is 8.59. The number of aromatic nitrogens is 1. The molecule has 5 rings (SSSR count). The molecule has 2 aliphatic rings. The molecule has 1 saturated carbocycles. The van der Waals surface area contributed by atoms with Crippen molar-refractivity contribution in [3.05, 3.63) is 77.9 Å². The summed E-state index contributed by atoms with van der Waals surface area (Å²) in [6.45, 7) is 0.455. The van der Waals surface area contributed by atoms with Crippen molar-refractivity contribution in [2.24, 2.45) is 0 Å². The first kappa shape index (κ1) is 19.7. The highest BCUT2D eigenvalue weighted by Crippen LogP contribution is 2.36. The van der Waals surface area contributed by atoms with Crippen molar-refractivity contribution in [1.29, 1.82) is 0 Å². The summed E-state index contributed by atoms with van der Waals surface area (Å²) in [6, 6.07) is 14.1. The van der Waals surface area contributed by atoms with Crippen LogP contribution in [0.3, 0.4) is 0 Å². The second kappa shape index (κ2) is 8.47. The third-order valence-corrected chi connectivity index (χ3v) is 6.17. The SMILES string of the molecule is O=C1Oc2cc(Oc3cccnc3)ccc2CN1Cc1cccc(NSC2CC2)c1F. The van der Waals surface area contributed by atoms with Crippen molar-refractivity contribution in [2.75, 3.05) is 4.72 Å². The van der Waals surface area contributed by atoms with Crippen molar-refractivity contribution < 1.29 is 18.7 Å². The van der Waals surface area contributed by atoms with Crippen LogP contribution in [-0.4, -0.2) is 21.2 Å². The molecule has 1 N–H and O–H groups in total. The molecule has 2 heterocycles. The van der Waals surface area contributed by atoms with E-state index in [9.17, 15) is 9.18 Å². The van der Waals surface area contributed by atoms with Crippen LogP contribution in [0, 0.1) is 5.82 Å². The lowest BCUT2D eigenvalue weighted by atomic mass is 10.1. The van der Waals surface area contributed by atoms with E-state index in [1.54, 1.807) is 60.7 Å². The van der Waals surface area contributed by atoms with Crippen LogP contribution >= 0.6 is 11.9 Å². The van der Waals surface area contributed by atoms with Gasteiger partial charge in [0.05, 0.1) is 25.0 Å². The molecule has 6 nitrogen and oxygen atoms in total. The van der Waals surface area contributed by atoms with E-state index in [0.29, 0.717) is 40.3 Å². The molecule has 0 bridgehead atoms. The molecule has 1 amide bonds. The zero-order chi connectivity index (χ0) is 21.2. The number of halogens is 1. The molecule has 31 heavy (non-hydrogen) atoms. The highest BCUT2D eigenvalue weighted by atomic mass is 32.2. The summed E-state index contributed by atoms with van der Waals surface area (Å²) in [4.78, 5) is 18.1. The summed E-state index contributed by atoms with van der Waals surface area (Å²) in [7, 11) is 0. The topological polar surface area (TPSA) is 63.7 Å². The molecule has 3 aromatic rings. The molecule has 1 aliphatic carbocycles. The van der Waals surface area contributed by atoms with E-state index in [4.69, 9.17) is 9.47 Å². The molecule has 0 saturated heterocycles. The Morgan fingerprint density at radius 1 is 1.19 bits per heavy atom. The molecular weight excluding hydrogens is 417 g/mol. The predicted molar refractivity (Wildman–Crippen MR) is 117 cm³/mol. The Labute approximate surface area is 183 Å². The number of pyridine rings is 1. The van der Waals surface area contributed by atoms with Gasteiger partial charge < -0.3 is 14.2 Å². The highest BCUT2D eigenvalue weighted by Gasteiger charge is 2.27. The smallest absolute Gasteiger partial charge is 0.415 e. The highest BCUT2D eigenvalue weighted by molar-refractivity contribution is 8.01. The van der Waals surface area contributed by atoms with Crippen LogP contribution in [0.5, 0.6) is 17.2 Å². The summed E-state index contributed by atoms with van der Waals surface area (Å²) in [5, 5.41) is 0.559. The largest absolute Gasteiger partial charge is 0.456 e. The minimum absolute atomic E-state index is 0.127. The maximum Gasteiger partial charge on any atom is 0.415 e. The lowest BCUT2D eigenvalue weighted by Gasteiger charge is -2.28. The van der Waals surface area contributed by atoms with Crippen molar-refractivity contribution in [1.82, 2.24) is 9.88 Å². The zero-order valence-electron chi connectivity index (χ0n) is 16.6. The van der Waals surface area contributed by atoms with Crippen LogP contribution in [0.1, 0.15) is 24.0 Å². The summed E-state index contributed by atoms with van der Waals surface area (Å²) >= 11 is 1.55. The van der Waals surface area contributed by atoms with Gasteiger partial charge in [-0.2, -0.15) is 0 Å². The average Bonchev–Trinajstić information content (AvgIpc) is 3.60. The molecule has 8 heteroatoms. The third kappa shape index (κ3) is 4.59. The Morgan fingerprint density at radius 3 is 2.90 bits per heavy atom. The van der Waals surface area contributed by atoms with Crippen molar-refractivity contribution in [2.45, 2.75) is 31.2 Å². The van der Waals surface area contributed by atoms with Gasteiger partial charge in [-0.15, -0.1) is 0 Å². The van der Waals surface area contributed by atoms with Gasteiger partial charge in [-0.05, 0) is 55.1 Å². The Balaban J connectivity index is 1.29. The Morgan fingerprint density at radius 2 is 2.10 bits per heavy atom. The number of nitrogens with zero attached hydrogens (tertiary/aromatic N) is 2. The van der Waals surface area contributed by atoms with Crippen molar-refractivity contribution in [3.8, 4) is 17.2 Å². The van der Waals surface area contributed by atoms with Crippen LogP contribution in [0.2, 0.25) is 0 Å². The molecular formula is C23H20FN3O3S. The van der Waals surface area contributed by atoms with E-state index in [1.165, 1.54) is 4.90 Å². The maximum atomic E-state index is 14.9. The molecule has 2 aromatic carbocycles. The number of rotatable bonds is 7. The van der Waals surface area contributed by atoms with Crippen LogP contribution in [0.15, 0.2) is 60.9 Å². The number of benzene rings is 2. The van der Waals surface area contributed by atoms with Gasteiger partial charge >= 0.3 is 6.09 Å². The van der Waals surface area contributed by atoms with Crippen LogP contribution in [-0.2, 0) is 13.1 Å². The first-order valence-corrected chi connectivity index (χ1v) is 10.9. The molecule has 0 atom stereocenters. The van der Waals surface area contributed by atoms with Crippen LogP contribution < -0.4 is 14.2 Å². The molecule has 0 radical (unpaired) electrons. The number of nitrogens with one attached hydrogen (secondary N) is 1. The minimum atomic E-state index is -0.517. The number of ether oxygens (including phenoxy) is 2. The van der Waals surface area contributed by atoms with Gasteiger partial charge in [-0.1, -0.05) is 12.1 Å². The summed E-state index contributed by atoms with van der Waals surface area (Å²) < 4.78 is 29.3. The van der Waals surface area contributed by atoms with Gasteiger partial charge in [0.1, 0.15) is 17.2 Å². The van der Waals surface area contributed by atoms with Crippen LogP contribution in [0.4, 0.5) is 14.9 Å². The number of carbonyl (C=O) groups is 1. The molecule has 158 valence electrons. The number of hydrogen-bond donors (Lipinski definition) is 1. The predicted octanol–water partition coefficient (Wildman–Crippen LogP) is 5.75. The van der Waals surface area contributed by atoms with Crippen molar-refractivity contribution in [3.63, 3.8) is 0 Å². The van der Waals surface area contributed by atoms with E-state index in [0.717, 1.165) is 18.4 Å². The average molecular weight is 437 g/mol. The standard InChI is InChI=1S/C23H20FN3O3S/c24-22-16(3-1-5-20(22)26-31-19-8-9-19)14-27-13-15-6-7-17(11-21(15)30-23(27)28)29-18-4-2-10-25-12-18/h1-7,10-12,19,26H,8-9,13-14H2. The van der Waals surface area contributed by atoms with Gasteiger partial charge in [0.25, 0.3) is 0 Å². The minimum Gasteiger partial charge on any atom is -0.456 e. The molecule has 1 fully saturated rings. The quantitative estimate of drug-likeness (QED) is 0.475. The normalized spacial score (nSPS) is 15.3. The summed E-state index contributed by atoms with van der Waals surface area (Å²) in [5.74, 6) is 1.25. The van der Waals surface area contributed by atoms with Gasteiger partial charge in [0, 0.05) is 28.6 Å². The molecule has 0 spiro atoms. The number of fused-ring (bicyclic) bond motifs is 1. The number of amides is 1. The van der Waals surface area contributed by atoms with E-state index in [-0.39, 0.29) is 12.4 Å². The fourth-order valence-corrected chi connectivity index (χ4v) is 4.06. The number of carbonyl (C=O) groups excluding carboxylic acids is 1. The summed E-state index contributed by atoms with van der Waals surface area (Å²) in [5.41, 5.74) is 1.72. The Kier molecular flexibility index (Phi) is 5.38. The first-order valence-electron chi connectivity index (χ1n) is 10.0. The van der Waals surface area contributed by atoms with Gasteiger partial charge in [0.2, 0.25) is 0 Å². The lowest BCUT2D eigenvalue weighted by molar-refractivity contribution is 0.134. The van der Waals surface area contributed by atoms with Gasteiger partial charge in [0.15, 0.2) is 5.82 Å². The Bertz CT molecular complexity index is 1110. The first-order chi connectivity index (χ1) is 15.2. The zero-order valence-corrected chi connectivity index (χ0v) is 17.4. The second-order valence-electron chi connectivity index (χ2n) is 7.48. The summed E-state index contributed by atoms with van der Waals surface area (Å²) in [6.07, 6.45) is 5.07. The van der Waals surface area contributed by atoms with E-state index in [1.807, 2.05) is 12.1 Å². The molecule has 1 aliphatic heterocycles. The van der Waals surface area contributed by atoms with E-state index >= 15 is 0 Å². The fourth-order valence-electron chi connectivity index (χ4n) is 3.24. The van der Waals surface area contributed by atoms with Crippen LogP contribution in [0.25, 0.3) is 0 Å². The monoisotopic (exact) mass is 437 g/mol. The third-order valence-electron chi connectivity index (χ3n) is 5.03. The van der Waals surface area contributed by atoms with E-state index < -0.39 is 6.09 Å². The van der Waals surface area contributed by atoms with Gasteiger partial charge in [-0.3, -0.25) is 9.88 Å². The molecule has 1 aromatic heterocycles. The molecule has 0 unspecified atom stereocenters. The fraction of sp³-hybridized carbons (Fsp3) is 0.217. The lowest BCUT2D eigenvalue weighted by Crippen LogP contribution is -2.36.